The van der Waals surface area contributed by atoms with Gasteiger partial charge in [0.15, 0.2) is 17.5 Å². The van der Waals surface area contributed by atoms with Gasteiger partial charge in [-0.2, -0.15) is 0 Å². The van der Waals surface area contributed by atoms with Crippen LogP contribution in [-0.2, 0) is 0 Å². The molecule has 60 heavy (non-hydrogen) atoms. The quantitative estimate of drug-likeness (QED) is 0.179. The zero-order valence-corrected chi connectivity index (χ0v) is 33.0. The molecule has 10 aromatic carbocycles. The SMILES string of the molecule is c1ccc(-c2nc(-c3ccc4ccccc4c3)nc(-c3c4ccccc4cc4sc5cc(-n6c7cc8ccccc8cc7c7cc8ccccc8cc76)ccc5c34)n2)cc1. The zero-order chi connectivity index (χ0) is 39.3. The minimum atomic E-state index is 0.651. The van der Waals surface area contributed by atoms with Crippen molar-refractivity contribution in [2.24, 2.45) is 0 Å². The average molecular weight is 781 g/mol. The van der Waals surface area contributed by atoms with Crippen LogP contribution in [0.15, 0.2) is 194 Å². The number of nitrogens with zero attached hydrogens (tertiary/aromatic N) is 4. The van der Waals surface area contributed by atoms with Crippen LogP contribution in [0.1, 0.15) is 0 Å². The molecule has 3 aromatic heterocycles. The molecular formula is C55H32N4S. The molecule has 0 saturated carbocycles. The van der Waals surface area contributed by atoms with Gasteiger partial charge in [-0.1, -0.05) is 146 Å². The van der Waals surface area contributed by atoms with Gasteiger partial charge in [0.05, 0.1) is 11.0 Å². The molecule has 0 radical (unpaired) electrons. The summed E-state index contributed by atoms with van der Waals surface area (Å²) < 4.78 is 4.87. The molecule has 0 amide bonds. The van der Waals surface area contributed by atoms with Crippen molar-refractivity contribution in [2.45, 2.75) is 0 Å². The molecule has 0 aliphatic carbocycles. The van der Waals surface area contributed by atoms with Crippen LogP contribution in [0.25, 0.3) is 125 Å². The van der Waals surface area contributed by atoms with Crippen molar-refractivity contribution >= 4 is 96.4 Å². The molecule has 0 bridgehead atoms. The Kier molecular flexibility index (Phi) is 7.14. The highest BCUT2D eigenvalue weighted by atomic mass is 32.1. The van der Waals surface area contributed by atoms with E-state index in [1.165, 1.54) is 63.5 Å². The summed E-state index contributed by atoms with van der Waals surface area (Å²) in [5.74, 6) is 1.97. The van der Waals surface area contributed by atoms with Crippen LogP contribution in [0.4, 0.5) is 0 Å². The third-order valence-electron chi connectivity index (χ3n) is 12.1. The maximum absolute atomic E-state index is 5.35. The Labute approximate surface area is 348 Å². The van der Waals surface area contributed by atoms with E-state index in [0.29, 0.717) is 17.5 Å². The summed E-state index contributed by atoms with van der Waals surface area (Å²) in [4.78, 5) is 15.8. The predicted octanol–water partition coefficient (Wildman–Crippen LogP) is 15.0. The van der Waals surface area contributed by atoms with Gasteiger partial charge < -0.3 is 4.57 Å². The monoisotopic (exact) mass is 780 g/mol. The first kappa shape index (κ1) is 33.3. The summed E-state index contributed by atoms with van der Waals surface area (Å²) in [6.07, 6.45) is 0. The summed E-state index contributed by atoms with van der Waals surface area (Å²) in [6, 6.07) is 69.9. The molecule has 0 N–H and O–H groups in total. The van der Waals surface area contributed by atoms with Gasteiger partial charge in [-0.15, -0.1) is 11.3 Å². The van der Waals surface area contributed by atoms with Crippen LogP contribution in [0, 0.1) is 0 Å². The Morgan fingerprint density at radius 1 is 0.333 bits per heavy atom. The second-order valence-corrected chi connectivity index (χ2v) is 16.7. The van der Waals surface area contributed by atoms with E-state index in [1.54, 1.807) is 0 Å². The highest BCUT2D eigenvalue weighted by Gasteiger charge is 2.22. The Morgan fingerprint density at radius 3 is 1.57 bits per heavy atom. The molecule has 0 saturated heterocycles. The number of thiophene rings is 1. The fourth-order valence-electron chi connectivity index (χ4n) is 9.29. The van der Waals surface area contributed by atoms with Gasteiger partial charge in [0.2, 0.25) is 0 Å². The number of fused-ring (bicyclic) bond motifs is 10. The molecule has 13 rings (SSSR count). The van der Waals surface area contributed by atoms with Crippen LogP contribution >= 0.6 is 11.3 Å². The maximum Gasteiger partial charge on any atom is 0.165 e. The zero-order valence-electron chi connectivity index (χ0n) is 32.2. The van der Waals surface area contributed by atoms with Crippen molar-refractivity contribution in [1.82, 2.24) is 19.5 Å². The van der Waals surface area contributed by atoms with Crippen molar-refractivity contribution in [2.75, 3.05) is 0 Å². The highest BCUT2D eigenvalue weighted by molar-refractivity contribution is 7.26. The minimum absolute atomic E-state index is 0.651. The maximum atomic E-state index is 5.35. The summed E-state index contributed by atoms with van der Waals surface area (Å²) >= 11 is 1.83. The molecule has 0 aliphatic heterocycles. The van der Waals surface area contributed by atoms with Crippen LogP contribution in [0.2, 0.25) is 0 Å². The number of hydrogen-bond acceptors (Lipinski definition) is 4. The third-order valence-corrected chi connectivity index (χ3v) is 13.2. The van der Waals surface area contributed by atoms with E-state index in [0.717, 1.165) is 43.9 Å². The van der Waals surface area contributed by atoms with Crippen LogP contribution in [-0.4, -0.2) is 19.5 Å². The average Bonchev–Trinajstić information content (AvgIpc) is 3.82. The van der Waals surface area contributed by atoms with E-state index in [9.17, 15) is 0 Å². The number of aromatic nitrogens is 4. The Morgan fingerprint density at radius 2 is 0.883 bits per heavy atom. The van der Waals surface area contributed by atoms with E-state index in [4.69, 9.17) is 15.0 Å². The molecule has 4 nitrogen and oxygen atoms in total. The van der Waals surface area contributed by atoms with Gasteiger partial charge in [0.25, 0.3) is 0 Å². The largest absolute Gasteiger partial charge is 0.309 e. The van der Waals surface area contributed by atoms with Gasteiger partial charge >= 0.3 is 0 Å². The Bertz CT molecular complexity index is 3810. The first-order chi connectivity index (χ1) is 29.7. The van der Waals surface area contributed by atoms with E-state index < -0.39 is 0 Å². The molecule has 3 heterocycles. The van der Waals surface area contributed by atoms with Crippen molar-refractivity contribution in [1.29, 1.82) is 0 Å². The summed E-state index contributed by atoms with van der Waals surface area (Å²) in [5.41, 5.74) is 6.47. The fraction of sp³-hybridized carbons (Fsp3) is 0. The first-order valence-corrected chi connectivity index (χ1v) is 21.1. The summed E-state index contributed by atoms with van der Waals surface area (Å²) in [5, 5.41) is 14.4. The van der Waals surface area contributed by atoms with Crippen molar-refractivity contribution in [3.8, 4) is 39.9 Å². The van der Waals surface area contributed by atoms with Gasteiger partial charge in [0, 0.05) is 53.3 Å². The first-order valence-electron chi connectivity index (χ1n) is 20.3. The lowest BCUT2D eigenvalue weighted by molar-refractivity contribution is 1.08. The molecule has 0 atom stereocenters. The lowest BCUT2D eigenvalue weighted by Crippen LogP contribution is -2.01. The molecular weight excluding hydrogens is 749 g/mol. The molecule has 0 fully saturated rings. The van der Waals surface area contributed by atoms with Crippen molar-refractivity contribution < 1.29 is 0 Å². The molecule has 13 aromatic rings. The molecule has 0 unspecified atom stereocenters. The van der Waals surface area contributed by atoms with E-state index in [1.807, 2.05) is 29.5 Å². The molecule has 0 aliphatic rings. The Balaban J connectivity index is 1.08. The smallest absolute Gasteiger partial charge is 0.165 e. The van der Waals surface area contributed by atoms with Crippen molar-refractivity contribution in [3.63, 3.8) is 0 Å². The normalized spacial score (nSPS) is 12.0. The lowest BCUT2D eigenvalue weighted by atomic mass is 9.97. The summed E-state index contributed by atoms with van der Waals surface area (Å²) in [6.45, 7) is 0. The second-order valence-electron chi connectivity index (χ2n) is 15.6. The van der Waals surface area contributed by atoms with E-state index in [-0.39, 0.29) is 0 Å². The van der Waals surface area contributed by atoms with Gasteiger partial charge in [0.1, 0.15) is 0 Å². The van der Waals surface area contributed by atoms with Crippen molar-refractivity contribution in [3.05, 3.63) is 194 Å². The van der Waals surface area contributed by atoms with Gasteiger partial charge in [-0.3, -0.25) is 0 Å². The van der Waals surface area contributed by atoms with Crippen LogP contribution in [0.3, 0.4) is 0 Å². The van der Waals surface area contributed by atoms with Crippen LogP contribution in [0.5, 0.6) is 0 Å². The number of benzene rings is 10. The Hall–Kier alpha value is -7.73. The van der Waals surface area contributed by atoms with E-state index in [2.05, 4.69) is 180 Å². The molecule has 5 heteroatoms. The standard InChI is InChI=1S/C55H32N4S/c1-2-13-34(14-3-1)53-56-54(41-23-22-33-12-4-5-15-35(33)26-41)58-55(57-53)52-43-21-11-10-20-40(43)31-50-51(52)44-25-24-42(32-49(44)60-50)59-47-29-38-18-8-6-16-36(38)27-45(47)46-28-37-17-7-9-19-39(37)30-48(46)59/h1-32H. The lowest BCUT2D eigenvalue weighted by Gasteiger charge is -2.13. The van der Waals surface area contributed by atoms with Gasteiger partial charge in [-0.05, 0) is 91.6 Å². The molecule has 278 valence electrons. The van der Waals surface area contributed by atoms with E-state index >= 15 is 0 Å². The fourth-order valence-corrected chi connectivity index (χ4v) is 10.5. The van der Waals surface area contributed by atoms with Gasteiger partial charge in [-0.25, -0.2) is 15.0 Å². The second kappa shape index (κ2) is 12.9. The van der Waals surface area contributed by atoms with Crippen LogP contribution < -0.4 is 0 Å². The highest BCUT2D eigenvalue weighted by Crippen LogP contribution is 2.45. The topological polar surface area (TPSA) is 43.6 Å². The number of hydrogen-bond donors (Lipinski definition) is 0. The minimum Gasteiger partial charge on any atom is -0.309 e. The third kappa shape index (κ3) is 5.13. The predicted molar refractivity (Wildman–Crippen MR) is 253 cm³/mol. The number of rotatable bonds is 4. The molecule has 0 spiro atoms. The summed E-state index contributed by atoms with van der Waals surface area (Å²) in [7, 11) is 0.